The van der Waals surface area contributed by atoms with Gasteiger partial charge in [-0.3, -0.25) is 24.6 Å². The molecule has 2 heterocycles. The number of benzene rings is 1. The molecular formula is C17H15N3O4S. The topological polar surface area (TPSA) is 85.4 Å². The molecule has 0 N–H and O–H groups in total. The fourth-order valence-electron chi connectivity index (χ4n) is 2.62. The Bertz CT molecular complexity index is 888. The van der Waals surface area contributed by atoms with Gasteiger partial charge in [0.15, 0.2) is 0 Å². The quantitative estimate of drug-likeness (QED) is 0.464. The maximum atomic E-state index is 12.2. The third kappa shape index (κ3) is 3.34. The first kappa shape index (κ1) is 17.0. The largest absolute Gasteiger partial charge is 0.343 e. The molecule has 25 heavy (non-hydrogen) atoms. The summed E-state index contributed by atoms with van der Waals surface area (Å²) in [5.74, 6) is -0.309. The minimum atomic E-state index is -0.412. The van der Waals surface area contributed by atoms with Crippen molar-refractivity contribution in [3.63, 3.8) is 0 Å². The summed E-state index contributed by atoms with van der Waals surface area (Å²) in [4.78, 5) is 36.3. The van der Waals surface area contributed by atoms with E-state index in [0.29, 0.717) is 29.3 Å². The number of nitro benzene ring substituents is 1. The van der Waals surface area contributed by atoms with Gasteiger partial charge in [0.05, 0.1) is 16.4 Å². The van der Waals surface area contributed by atoms with Crippen molar-refractivity contribution < 1.29 is 14.5 Å². The number of para-hydroxylation sites is 1. The fraction of sp³-hybridized carbons (Fsp3) is 0.176. The Morgan fingerprint density at radius 3 is 2.64 bits per heavy atom. The number of nitro groups is 1. The summed E-state index contributed by atoms with van der Waals surface area (Å²) in [7, 11) is 0. The first-order valence-electron chi connectivity index (χ1n) is 7.64. The Kier molecular flexibility index (Phi) is 4.71. The highest BCUT2D eigenvalue weighted by Gasteiger charge is 2.33. The number of carbonyl (C=O) groups is 2. The second-order valence-corrected chi connectivity index (χ2v) is 6.37. The normalized spacial score (nSPS) is 16.0. The van der Waals surface area contributed by atoms with E-state index >= 15 is 0 Å². The highest BCUT2D eigenvalue weighted by atomic mass is 32.2. The van der Waals surface area contributed by atoms with Crippen LogP contribution in [-0.4, -0.2) is 32.1 Å². The van der Waals surface area contributed by atoms with Gasteiger partial charge in [-0.15, -0.1) is 0 Å². The van der Waals surface area contributed by atoms with Crippen molar-refractivity contribution in [2.45, 2.75) is 13.5 Å². The van der Waals surface area contributed by atoms with E-state index in [1.54, 1.807) is 49.5 Å². The first-order valence-corrected chi connectivity index (χ1v) is 8.45. The second-order valence-electron chi connectivity index (χ2n) is 5.37. The van der Waals surface area contributed by atoms with Crippen molar-refractivity contribution in [1.29, 1.82) is 0 Å². The molecule has 0 saturated carbocycles. The summed E-state index contributed by atoms with van der Waals surface area (Å²) in [6.07, 6.45) is 3.43. The van der Waals surface area contributed by atoms with Crippen LogP contribution in [0.4, 0.5) is 10.5 Å². The minimum Gasteiger partial charge on any atom is -0.343 e. The predicted molar refractivity (Wildman–Crippen MR) is 95.0 cm³/mol. The van der Waals surface area contributed by atoms with E-state index in [1.807, 2.05) is 4.57 Å². The summed E-state index contributed by atoms with van der Waals surface area (Å²) in [5, 5.41) is 10.9. The van der Waals surface area contributed by atoms with Gasteiger partial charge in [-0.1, -0.05) is 18.2 Å². The molecule has 1 aromatic carbocycles. The number of hydrogen-bond donors (Lipinski definition) is 0. The Balaban J connectivity index is 1.90. The lowest BCUT2D eigenvalue weighted by Gasteiger charge is -2.08. The van der Waals surface area contributed by atoms with Gasteiger partial charge >= 0.3 is 0 Å². The molecule has 1 aromatic heterocycles. The van der Waals surface area contributed by atoms with Crippen molar-refractivity contribution in [3.8, 4) is 0 Å². The zero-order valence-corrected chi connectivity index (χ0v) is 14.2. The zero-order chi connectivity index (χ0) is 18.0. The molecular weight excluding hydrogens is 342 g/mol. The Morgan fingerprint density at radius 2 is 1.96 bits per heavy atom. The lowest BCUT2D eigenvalue weighted by atomic mass is 10.2. The number of thioether (sulfide) groups is 1. The fourth-order valence-corrected chi connectivity index (χ4v) is 3.50. The molecule has 0 atom stereocenters. The van der Waals surface area contributed by atoms with E-state index in [-0.39, 0.29) is 16.8 Å². The predicted octanol–water partition coefficient (Wildman–Crippen LogP) is 3.50. The van der Waals surface area contributed by atoms with E-state index < -0.39 is 4.92 Å². The van der Waals surface area contributed by atoms with Crippen LogP contribution in [-0.2, 0) is 11.3 Å². The van der Waals surface area contributed by atoms with Gasteiger partial charge < -0.3 is 4.57 Å². The molecule has 128 valence electrons. The number of imide groups is 1. The van der Waals surface area contributed by atoms with Crippen LogP contribution in [0.25, 0.3) is 6.08 Å². The van der Waals surface area contributed by atoms with E-state index in [0.717, 1.165) is 11.8 Å². The highest BCUT2D eigenvalue weighted by Crippen LogP contribution is 2.32. The standard InChI is InChI=1S/C17H15N3O4S/c1-2-19-16(21)15(25-17(19)22)10-13-7-5-9-18(13)11-12-6-3-4-8-14(12)20(23)24/h3-10H,2,11H2,1H3/b15-10+. The number of nitrogens with zero attached hydrogens (tertiary/aromatic N) is 3. The van der Waals surface area contributed by atoms with Gasteiger partial charge in [-0.25, -0.2) is 0 Å². The van der Waals surface area contributed by atoms with Gasteiger partial charge in [0.25, 0.3) is 16.8 Å². The van der Waals surface area contributed by atoms with Crippen LogP contribution in [0.1, 0.15) is 18.2 Å². The Hall–Kier alpha value is -2.87. The molecule has 8 heteroatoms. The molecule has 3 rings (SSSR count). The number of aromatic nitrogens is 1. The molecule has 0 bridgehead atoms. The van der Waals surface area contributed by atoms with Crippen molar-refractivity contribution in [1.82, 2.24) is 9.47 Å². The smallest absolute Gasteiger partial charge is 0.293 e. The number of likely N-dealkylation sites (N-methyl/N-ethyl adjacent to an activating group) is 1. The van der Waals surface area contributed by atoms with Gasteiger partial charge in [0.1, 0.15) is 0 Å². The lowest BCUT2D eigenvalue weighted by Crippen LogP contribution is -2.27. The molecule has 0 radical (unpaired) electrons. The summed E-state index contributed by atoms with van der Waals surface area (Å²) < 4.78 is 1.81. The third-order valence-electron chi connectivity index (χ3n) is 3.86. The van der Waals surface area contributed by atoms with Crippen LogP contribution >= 0.6 is 11.8 Å². The van der Waals surface area contributed by atoms with Gasteiger partial charge in [-0.2, -0.15) is 0 Å². The van der Waals surface area contributed by atoms with Crippen LogP contribution in [0, 0.1) is 10.1 Å². The molecule has 1 fully saturated rings. The Labute approximate surface area is 148 Å². The SMILES string of the molecule is CCN1C(=O)S/C(=C/c2cccn2Cc2ccccc2[N+](=O)[O-])C1=O. The molecule has 1 aliphatic rings. The van der Waals surface area contributed by atoms with E-state index in [9.17, 15) is 19.7 Å². The van der Waals surface area contributed by atoms with E-state index in [1.165, 1.54) is 11.0 Å². The van der Waals surface area contributed by atoms with Crippen molar-refractivity contribution in [3.05, 3.63) is 68.9 Å². The maximum absolute atomic E-state index is 12.2. The minimum absolute atomic E-state index is 0.0495. The van der Waals surface area contributed by atoms with E-state index in [2.05, 4.69) is 0 Å². The van der Waals surface area contributed by atoms with Gasteiger partial charge in [0.2, 0.25) is 0 Å². The second kappa shape index (κ2) is 6.94. The molecule has 0 aliphatic carbocycles. The summed E-state index contributed by atoms with van der Waals surface area (Å²) in [6.45, 7) is 2.38. The van der Waals surface area contributed by atoms with Crippen LogP contribution in [0.3, 0.4) is 0 Å². The van der Waals surface area contributed by atoms with Crippen LogP contribution in [0.5, 0.6) is 0 Å². The first-order chi connectivity index (χ1) is 12.0. The average Bonchev–Trinajstić information content (AvgIpc) is 3.12. The summed E-state index contributed by atoms with van der Waals surface area (Å²) in [5.41, 5.74) is 1.33. The third-order valence-corrected chi connectivity index (χ3v) is 4.77. The summed E-state index contributed by atoms with van der Waals surface area (Å²) >= 11 is 0.905. The number of rotatable bonds is 5. The van der Waals surface area contributed by atoms with Crippen LogP contribution in [0.2, 0.25) is 0 Å². The van der Waals surface area contributed by atoms with Crippen LogP contribution < -0.4 is 0 Å². The van der Waals surface area contributed by atoms with Crippen molar-refractivity contribution in [2.24, 2.45) is 0 Å². The summed E-state index contributed by atoms with van der Waals surface area (Å²) in [6, 6.07) is 10.1. The van der Waals surface area contributed by atoms with Crippen molar-refractivity contribution in [2.75, 3.05) is 6.54 Å². The number of amides is 2. The lowest BCUT2D eigenvalue weighted by molar-refractivity contribution is -0.385. The zero-order valence-electron chi connectivity index (χ0n) is 13.4. The molecule has 2 amide bonds. The Morgan fingerprint density at radius 1 is 1.20 bits per heavy atom. The molecule has 2 aromatic rings. The van der Waals surface area contributed by atoms with Gasteiger partial charge in [0, 0.05) is 30.1 Å². The monoisotopic (exact) mass is 357 g/mol. The number of carbonyl (C=O) groups excluding carboxylic acids is 2. The number of hydrogen-bond acceptors (Lipinski definition) is 5. The van der Waals surface area contributed by atoms with Crippen LogP contribution in [0.15, 0.2) is 47.5 Å². The molecule has 1 saturated heterocycles. The van der Waals surface area contributed by atoms with E-state index in [4.69, 9.17) is 0 Å². The maximum Gasteiger partial charge on any atom is 0.293 e. The highest BCUT2D eigenvalue weighted by molar-refractivity contribution is 8.18. The molecule has 1 aliphatic heterocycles. The average molecular weight is 357 g/mol. The van der Waals surface area contributed by atoms with Crippen molar-refractivity contribution >= 4 is 34.7 Å². The molecule has 7 nitrogen and oxygen atoms in total. The molecule has 0 unspecified atom stereocenters. The van der Waals surface area contributed by atoms with Gasteiger partial charge in [-0.05, 0) is 36.9 Å². The molecule has 0 spiro atoms.